The molecule has 0 atom stereocenters. The molecule has 230 valence electrons. The molecule has 0 bridgehead atoms. The summed E-state index contributed by atoms with van der Waals surface area (Å²) >= 11 is 0. The summed E-state index contributed by atoms with van der Waals surface area (Å²) in [5, 5.41) is 7.86. The van der Waals surface area contributed by atoms with Gasteiger partial charge >= 0.3 is 0 Å². The fourth-order valence-corrected chi connectivity index (χ4v) is 4.41. The Balaban J connectivity index is 0.000000406. The molecule has 42 heavy (non-hydrogen) atoms. The molecule has 6 nitrogen and oxygen atoms in total. The highest BCUT2D eigenvalue weighted by Crippen LogP contribution is 2.29. The van der Waals surface area contributed by atoms with Gasteiger partial charge in [-0.25, -0.2) is 4.39 Å². The number of hydrogen-bond donors (Lipinski definition) is 1. The Bertz CT molecular complexity index is 1220. The van der Waals surface area contributed by atoms with Crippen LogP contribution >= 0.6 is 0 Å². The van der Waals surface area contributed by atoms with Crippen LogP contribution in [0, 0.1) is 18.7 Å². The third kappa shape index (κ3) is 12.6. The van der Waals surface area contributed by atoms with Crippen molar-refractivity contribution in [3.05, 3.63) is 77.3 Å². The number of likely N-dealkylation sites (tertiary alicyclic amines) is 1. The number of hydrogen-bond acceptors (Lipinski definition) is 5. The molecule has 1 aliphatic rings. The number of nitrogens with zero attached hydrogens (tertiary/aromatic N) is 4. The van der Waals surface area contributed by atoms with Crippen LogP contribution in [0.3, 0.4) is 0 Å². The third-order valence-corrected chi connectivity index (χ3v) is 6.94. The van der Waals surface area contributed by atoms with Crippen molar-refractivity contribution in [2.24, 2.45) is 26.9 Å². The highest BCUT2D eigenvalue weighted by molar-refractivity contribution is 5.95. The van der Waals surface area contributed by atoms with Gasteiger partial charge in [-0.15, -0.1) is 0 Å². The van der Waals surface area contributed by atoms with Crippen LogP contribution in [0.2, 0.25) is 0 Å². The second-order valence-electron chi connectivity index (χ2n) is 10.9. The van der Waals surface area contributed by atoms with E-state index in [2.05, 4.69) is 55.6 Å². The first-order valence-corrected chi connectivity index (χ1v) is 15.1. The summed E-state index contributed by atoms with van der Waals surface area (Å²) in [4.78, 5) is 17.9. The zero-order chi connectivity index (χ0) is 31.7. The molecule has 1 heterocycles. The summed E-state index contributed by atoms with van der Waals surface area (Å²) < 4.78 is 14.4. The van der Waals surface area contributed by atoms with Crippen LogP contribution in [0.1, 0.15) is 89.6 Å². The number of aryl methyl sites for hydroxylation is 1. The maximum atomic E-state index is 14.4. The minimum atomic E-state index is -0.530. The van der Waals surface area contributed by atoms with Crippen LogP contribution in [0.25, 0.3) is 11.1 Å². The fourth-order valence-electron chi connectivity index (χ4n) is 4.41. The lowest BCUT2D eigenvalue weighted by Crippen LogP contribution is -2.57. The summed E-state index contributed by atoms with van der Waals surface area (Å²) in [5.41, 5.74) is 11.1. The van der Waals surface area contributed by atoms with E-state index in [-0.39, 0.29) is 17.5 Å². The Labute approximate surface area is 253 Å². The first kappa shape index (κ1) is 36.6. The van der Waals surface area contributed by atoms with Crippen LogP contribution in [-0.2, 0) is 0 Å². The average molecular weight is 578 g/mol. The number of halogens is 1. The third-order valence-electron chi connectivity index (χ3n) is 6.94. The molecular weight excluding hydrogens is 525 g/mol. The number of rotatable bonds is 10. The van der Waals surface area contributed by atoms with Gasteiger partial charge in [-0.2, -0.15) is 10.2 Å². The fraction of sp³-hybridized carbons (Fsp3) is 0.486. The number of allylic oxidation sites excluding steroid dienone is 3. The molecule has 0 unspecified atom stereocenters. The van der Waals surface area contributed by atoms with E-state index < -0.39 is 5.82 Å². The monoisotopic (exact) mass is 577 g/mol. The molecule has 1 amide bonds. The van der Waals surface area contributed by atoms with E-state index >= 15 is 0 Å². The zero-order valence-electron chi connectivity index (χ0n) is 27.1. The maximum absolute atomic E-state index is 14.4. The lowest BCUT2D eigenvalue weighted by atomic mass is 10.00. The second kappa shape index (κ2) is 19.6. The van der Waals surface area contributed by atoms with Crippen molar-refractivity contribution in [1.82, 2.24) is 4.90 Å². The second-order valence-corrected chi connectivity index (χ2v) is 10.9. The molecule has 0 aromatic heterocycles. The Kier molecular flexibility index (Phi) is 17.1. The molecule has 0 saturated carbocycles. The van der Waals surface area contributed by atoms with Crippen LogP contribution in [-0.4, -0.2) is 43.2 Å². The van der Waals surface area contributed by atoms with Gasteiger partial charge in [-0.3, -0.25) is 9.79 Å². The average Bonchev–Trinajstić information content (AvgIpc) is 2.94. The molecule has 0 spiro atoms. The van der Waals surface area contributed by atoms with E-state index in [4.69, 9.17) is 5.73 Å². The Morgan fingerprint density at radius 1 is 1.12 bits per heavy atom. The first-order chi connectivity index (χ1) is 20.0. The number of carbonyl (C=O) groups excluding carboxylic acids is 1. The minimum absolute atomic E-state index is 0.00464. The molecule has 2 aromatic rings. The first-order valence-electron chi connectivity index (χ1n) is 15.1. The van der Waals surface area contributed by atoms with Crippen LogP contribution in [0.15, 0.2) is 75.5 Å². The topological polar surface area (TPSA) is 83.4 Å². The van der Waals surface area contributed by atoms with E-state index in [1.165, 1.54) is 43.4 Å². The van der Waals surface area contributed by atoms with Crippen molar-refractivity contribution in [2.45, 2.75) is 86.6 Å². The summed E-state index contributed by atoms with van der Waals surface area (Å²) in [6, 6.07) is 10.3. The lowest BCUT2D eigenvalue weighted by molar-refractivity contribution is 0.0603. The molecule has 2 N–H and O–H groups in total. The van der Waals surface area contributed by atoms with Crippen molar-refractivity contribution < 1.29 is 9.18 Å². The molecule has 0 aliphatic carbocycles. The largest absolute Gasteiger partial charge is 0.335 e. The van der Waals surface area contributed by atoms with Crippen molar-refractivity contribution in [1.29, 1.82) is 0 Å². The van der Waals surface area contributed by atoms with Crippen molar-refractivity contribution in [3.63, 3.8) is 0 Å². The van der Waals surface area contributed by atoms with Gasteiger partial charge in [-0.1, -0.05) is 84.2 Å². The van der Waals surface area contributed by atoms with Gasteiger partial charge in [-0.05, 0) is 73.6 Å². The van der Waals surface area contributed by atoms with Gasteiger partial charge in [0.05, 0.1) is 11.3 Å². The molecular formula is C35H52FN5O. The summed E-state index contributed by atoms with van der Waals surface area (Å²) in [6.07, 6.45) is 10.5. The van der Waals surface area contributed by atoms with Crippen LogP contribution < -0.4 is 5.73 Å². The van der Waals surface area contributed by atoms with Crippen LogP contribution in [0.5, 0.6) is 0 Å². The smallest absolute Gasteiger partial charge is 0.256 e. The van der Waals surface area contributed by atoms with E-state index in [0.717, 1.165) is 34.9 Å². The standard InChI is InChI=1S/C18H19FN4O.C9H15N.C8H18/c1-11-3-4-13(8-17(11)22-21-2)12-5-6-15(16(19)7-12)18(24)23-9-14(20)10-23;1-5-9(6-2)7-10-8(3)4;1-4-6-8(3)7-5-2/h3-8,14H,9-10,20H2,1-2H3;5,7H,3,6H2,1-2,4H3;8H,4-7H2,1-3H3/b;9-5-,10-7?;. The highest BCUT2D eigenvalue weighted by Gasteiger charge is 2.29. The molecule has 1 aliphatic heterocycles. The maximum Gasteiger partial charge on any atom is 0.256 e. The van der Waals surface area contributed by atoms with Crippen molar-refractivity contribution >= 4 is 17.8 Å². The Morgan fingerprint density at radius 2 is 1.71 bits per heavy atom. The van der Waals surface area contributed by atoms with Gasteiger partial charge in [0.15, 0.2) is 0 Å². The lowest BCUT2D eigenvalue weighted by Gasteiger charge is -2.36. The van der Waals surface area contributed by atoms with Gasteiger partial charge < -0.3 is 10.6 Å². The number of azo groups is 1. The van der Waals surface area contributed by atoms with Gasteiger partial charge in [0.2, 0.25) is 0 Å². The number of carbonyl (C=O) groups is 1. The number of benzene rings is 2. The van der Waals surface area contributed by atoms with E-state index in [1.807, 2.05) is 45.2 Å². The minimum Gasteiger partial charge on any atom is -0.335 e. The zero-order valence-corrected chi connectivity index (χ0v) is 27.1. The van der Waals surface area contributed by atoms with Gasteiger partial charge in [0.25, 0.3) is 5.91 Å². The van der Waals surface area contributed by atoms with Crippen LogP contribution in [0.4, 0.5) is 10.1 Å². The summed E-state index contributed by atoms with van der Waals surface area (Å²) in [6.45, 7) is 19.4. The SMILES string of the molecule is C=C(C)N=C/C(=C\C)CC.CCCC(C)CCC.CN=Nc1cc(-c2ccc(C(=O)N3CC(N)C3)c(F)c2)ccc1C. The Morgan fingerprint density at radius 3 is 2.19 bits per heavy atom. The van der Waals surface area contributed by atoms with Crippen molar-refractivity contribution in [2.75, 3.05) is 20.1 Å². The highest BCUT2D eigenvalue weighted by atomic mass is 19.1. The van der Waals surface area contributed by atoms with Gasteiger partial charge in [0.1, 0.15) is 5.82 Å². The predicted molar refractivity (Wildman–Crippen MR) is 177 cm³/mol. The summed E-state index contributed by atoms with van der Waals surface area (Å²) in [7, 11) is 1.61. The van der Waals surface area contributed by atoms with Crippen molar-refractivity contribution in [3.8, 4) is 11.1 Å². The molecule has 2 aromatic carbocycles. The quantitative estimate of drug-likeness (QED) is 0.225. The molecule has 0 radical (unpaired) electrons. The molecule has 7 heteroatoms. The predicted octanol–water partition coefficient (Wildman–Crippen LogP) is 9.47. The van der Waals surface area contributed by atoms with Gasteiger partial charge in [0, 0.05) is 38.1 Å². The van der Waals surface area contributed by atoms with E-state index in [9.17, 15) is 9.18 Å². The normalized spacial score (nSPS) is 13.5. The molecule has 3 rings (SSSR count). The number of nitrogens with two attached hydrogens (primary N) is 1. The molecule has 1 fully saturated rings. The van der Waals surface area contributed by atoms with E-state index in [1.54, 1.807) is 18.0 Å². The summed E-state index contributed by atoms with van der Waals surface area (Å²) in [5.74, 6) is 0.118. The molecule has 1 saturated heterocycles. The van der Waals surface area contributed by atoms with E-state index in [0.29, 0.717) is 18.7 Å². The number of aliphatic imine (C=N–C) groups is 1. The Hall–Kier alpha value is -3.45. The number of amides is 1.